The van der Waals surface area contributed by atoms with Gasteiger partial charge in [0.15, 0.2) is 5.82 Å². The van der Waals surface area contributed by atoms with Crippen molar-refractivity contribution in [1.82, 2.24) is 24.7 Å². The summed E-state index contributed by atoms with van der Waals surface area (Å²) in [7, 11) is 1.86. The quantitative estimate of drug-likeness (QED) is 0.611. The van der Waals surface area contributed by atoms with E-state index >= 15 is 0 Å². The molecule has 3 aromatic heterocycles. The molecule has 0 aromatic carbocycles. The summed E-state index contributed by atoms with van der Waals surface area (Å²) < 4.78 is 39.7. The molecule has 1 amide bonds. The number of aromatic nitrogens is 5. The number of nitrogens with zero attached hydrogens (tertiary/aromatic N) is 7. The molecule has 178 valence electrons. The van der Waals surface area contributed by atoms with E-state index in [0.29, 0.717) is 31.1 Å². The summed E-state index contributed by atoms with van der Waals surface area (Å²) in [6.45, 7) is 3.28. The molecule has 0 bridgehead atoms. The summed E-state index contributed by atoms with van der Waals surface area (Å²) in [6.07, 6.45) is 1.88. The second-order valence-electron chi connectivity index (χ2n) is 8.50. The second-order valence-corrected chi connectivity index (χ2v) is 8.50. The average Bonchev–Trinajstić information content (AvgIpc) is 3.26. The van der Waals surface area contributed by atoms with Crippen LogP contribution in [0.15, 0.2) is 30.7 Å². The Morgan fingerprint density at radius 2 is 2.00 bits per heavy atom. The number of carbonyl (C=O) groups is 1. The van der Waals surface area contributed by atoms with Gasteiger partial charge in [-0.15, -0.1) is 0 Å². The average molecular weight is 472 g/mol. The van der Waals surface area contributed by atoms with Crippen LogP contribution in [0.3, 0.4) is 0 Å². The van der Waals surface area contributed by atoms with Gasteiger partial charge in [0.2, 0.25) is 11.9 Å². The van der Waals surface area contributed by atoms with Gasteiger partial charge in [-0.2, -0.15) is 23.3 Å². The highest BCUT2D eigenvalue weighted by molar-refractivity contribution is 6.05. The molecule has 0 fully saturated rings. The minimum Gasteiger partial charge on any atom is -0.350 e. The van der Waals surface area contributed by atoms with Crippen molar-refractivity contribution in [2.45, 2.75) is 45.1 Å². The minimum atomic E-state index is -4.46. The molecule has 0 radical (unpaired) electrons. The molecular weight excluding hydrogens is 449 g/mol. The summed E-state index contributed by atoms with van der Waals surface area (Å²) in [5.41, 5.74) is 2.23. The van der Waals surface area contributed by atoms with Crippen LogP contribution in [-0.2, 0) is 30.5 Å². The topological polar surface area (TPSA) is 92.1 Å². The van der Waals surface area contributed by atoms with Crippen molar-refractivity contribution in [2.24, 2.45) is 0 Å². The highest BCUT2D eigenvalue weighted by atomic mass is 19.4. The van der Waals surface area contributed by atoms with E-state index in [9.17, 15) is 18.0 Å². The normalized spacial score (nSPS) is 17.7. The van der Waals surface area contributed by atoms with Crippen molar-refractivity contribution < 1.29 is 18.0 Å². The number of likely N-dealkylation sites (N-methyl/N-ethyl adjacent to an activating group) is 1. The van der Waals surface area contributed by atoms with Crippen molar-refractivity contribution >= 4 is 23.4 Å². The molecule has 0 unspecified atom stereocenters. The first-order chi connectivity index (χ1) is 16.2. The van der Waals surface area contributed by atoms with Crippen molar-refractivity contribution in [3.8, 4) is 0 Å². The van der Waals surface area contributed by atoms with Gasteiger partial charge in [0.1, 0.15) is 17.4 Å². The number of carbonyl (C=O) groups excluding carboxylic acids is 1. The van der Waals surface area contributed by atoms with E-state index in [2.05, 4.69) is 25.4 Å². The van der Waals surface area contributed by atoms with Crippen LogP contribution >= 0.6 is 0 Å². The highest BCUT2D eigenvalue weighted by Gasteiger charge is 2.38. The van der Waals surface area contributed by atoms with Crippen LogP contribution in [-0.4, -0.2) is 50.3 Å². The number of anilines is 3. The van der Waals surface area contributed by atoms with Gasteiger partial charge >= 0.3 is 6.18 Å². The molecule has 1 atom stereocenters. The lowest BCUT2D eigenvalue weighted by molar-refractivity contribution is -0.141. The van der Waals surface area contributed by atoms with E-state index in [0.717, 1.165) is 41.7 Å². The molecule has 0 saturated carbocycles. The number of rotatable bonds is 5. The first-order valence-corrected chi connectivity index (χ1v) is 10.9. The molecule has 5 heterocycles. The number of amides is 1. The molecule has 2 aliphatic heterocycles. The monoisotopic (exact) mass is 472 g/mol. The SMILES string of the molecule is C[C@@H]1C(=O)N2CCCc3nc(NCc4cnn(Cc5ccc(C(F)(F)F)nc5)c4)nc(c32)N1C. The van der Waals surface area contributed by atoms with Gasteiger partial charge in [-0.1, -0.05) is 6.07 Å². The lowest BCUT2D eigenvalue weighted by atomic mass is 10.0. The Bertz CT molecular complexity index is 1220. The number of nitrogens with one attached hydrogen (secondary N) is 1. The van der Waals surface area contributed by atoms with Crippen LogP contribution in [0.4, 0.5) is 30.6 Å². The number of hydrogen-bond acceptors (Lipinski definition) is 7. The third kappa shape index (κ3) is 4.03. The molecule has 0 spiro atoms. The van der Waals surface area contributed by atoms with Gasteiger partial charge in [0.05, 0.1) is 18.4 Å². The Labute approximate surface area is 193 Å². The van der Waals surface area contributed by atoms with Crippen LogP contribution < -0.4 is 15.1 Å². The third-order valence-electron chi connectivity index (χ3n) is 6.14. The van der Waals surface area contributed by atoms with Crippen molar-refractivity contribution in [3.05, 3.63) is 53.2 Å². The van der Waals surface area contributed by atoms with E-state index in [1.54, 1.807) is 15.8 Å². The summed E-state index contributed by atoms with van der Waals surface area (Å²) >= 11 is 0. The van der Waals surface area contributed by atoms with Crippen LogP contribution in [0.25, 0.3) is 0 Å². The van der Waals surface area contributed by atoms with Gasteiger partial charge < -0.3 is 15.1 Å². The zero-order chi connectivity index (χ0) is 24.0. The lowest BCUT2D eigenvalue weighted by Gasteiger charge is -2.41. The Morgan fingerprint density at radius 3 is 2.74 bits per heavy atom. The molecule has 3 aromatic rings. The fraction of sp³-hybridized carbons (Fsp3) is 0.409. The minimum absolute atomic E-state index is 0.0657. The molecule has 0 saturated heterocycles. The van der Waals surface area contributed by atoms with Gasteiger partial charge in [0.25, 0.3) is 0 Å². The van der Waals surface area contributed by atoms with Gasteiger partial charge in [0, 0.05) is 38.1 Å². The van der Waals surface area contributed by atoms with Gasteiger partial charge in [-0.3, -0.25) is 14.5 Å². The third-order valence-corrected chi connectivity index (χ3v) is 6.14. The maximum Gasteiger partial charge on any atom is 0.433 e. The molecule has 34 heavy (non-hydrogen) atoms. The maximum absolute atomic E-state index is 12.7. The Kier molecular flexibility index (Phi) is 5.37. The van der Waals surface area contributed by atoms with Gasteiger partial charge in [-0.05, 0) is 31.4 Å². The van der Waals surface area contributed by atoms with E-state index in [1.165, 1.54) is 12.3 Å². The fourth-order valence-corrected chi connectivity index (χ4v) is 4.21. The molecule has 5 rings (SSSR count). The predicted octanol–water partition coefficient (Wildman–Crippen LogP) is 2.86. The number of pyridine rings is 1. The molecule has 12 heteroatoms. The molecule has 0 aliphatic carbocycles. The lowest BCUT2D eigenvalue weighted by Crippen LogP contribution is -2.53. The Morgan fingerprint density at radius 1 is 1.18 bits per heavy atom. The molecule has 2 aliphatic rings. The number of halogens is 3. The van der Waals surface area contributed by atoms with E-state index in [4.69, 9.17) is 0 Å². The largest absolute Gasteiger partial charge is 0.433 e. The highest BCUT2D eigenvalue weighted by Crippen LogP contribution is 2.39. The van der Waals surface area contributed by atoms with Crippen molar-refractivity contribution in [3.63, 3.8) is 0 Å². The standard InChI is InChI=1S/C22H23F3N8O/c1-13-20(34)33-7-3-4-16-18(33)19(31(13)2)30-21(29-16)27-9-15-10-28-32(12-15)11-14-5-6-17(26-8-14)22(23,24)25/h5-6,8,10,12-13H,3-4,7,9,11H2,1-2H3,(H,27,29,30)/t13-/m1/s1. The summed E-state index contributed by atoms with van der Waals surface area (Å²) in [6, 6.07) is 2.07. The molecule has 1 N–H and O–H groups in total. The van der Waals surface area contributed by atoms with E-state index in [-0.39, 0.29) is 11.9 Å². The zero-order valence-electron chi connectivity index (χ0n) is 18.7. The van der Waals surface area contributed by atoms with E-state index < -0.39 is 11.9 Å². The van der Waals surface area contributed by atoms with Crippen LogP contribution in [0.1, 0.15) is 35.9 Å². The van der Waals surface area contributed by atoms with Crippen LogP contribution in [0.2, 0.25) is 0 Å². The smallest absolute Gasteiger partial charge is 0.350 e. The first kappa shape index (κ1) is 22.1. The molecule has 9 nitrogen and oxygen atoms in total. The van der Waals surface area contributed by atoms with Gasteiger partial charge in [-0.25, -0.2) is 4.98 Å². The van der Waals surface area contributed by atoms with Crippen molar-refractivity contribution in [2.75, 3.05) is 28.7 Å². The predicted molar refractivity (Wildman–Crippen MR) is 118 cm³/mol. The number of hydrogen-bond donors (Lipinski definition) is 1. The first-order valence-electron chi connectivity index (χ1n) is 10.9. The Hall–Kier alpha value is -3.70. The van der Waals surface area contributed by atoms with Crippen molar-refractivity contribution in [1.29, 1.82) is 0 Å². The number of aryl methyl sites for hydroxylation is 1. The van der Waals surface area contributed by atoms with E-state index in [1.807, 2.05) is 25.1 Å². The number of alkyl halides is 3. The maximum atomic E-state index is 12.7. The summed E-state index contributed by atoms with van der Waals surface area (Å²) in [5.74, 6) is 1.28. The molecular formula is C22H23F3N8O. The Balaban J connectivity index is 1.28. The summed E-state index contributed by atoms with van der Waals surface area (Å²) in [5, 5.41) is 7.51. The van der Waals surface area contributed by atoms with Crippen LogP contribution in [0, 0.1) is 0 Å². The zero-order valence-corrected chi connectivity index (χ0v) is 18.7. The second kappa shape index (κ2) is 8.26. The summed E-state index contributed by atoms with van der Waals surface area (Å²) in [4.78, 5) is 29.1. The van der Waals surface area contributed by atoms with Crippen LogP contribution in [0.5, 0.6) is 0 Å². The fourth-order valence-electron chi connectivity index (χ4n) is 4.21.